The summed E-state index contributed by atoms with van der Waals surface area (Å²) in [4.78, 5) is 23.5. The van der Waals surface area contributed by atoms with Crippen LogP contribution in [-0.2, 0) is 14.3 Å². The lowest BCUT2D eigenvalue weighted by Gasteiger charge is -2.22. The van der Waals surface area contributed by atoms with Gasteiger partial charge in [-0.25, -0.2) is 4.79 Å². The molecule has 1 aliphatic rings. The molecule has 1 atom stereocenters. The second-order valence-electron chi connectivity index (χ2n) is 3.45. The van der Waals surface area contributed by atoms with Gasteiger partial charge in [0.2, 0.25) is 5.91 Å². The van der Waals surface area contributed by atoms with E-state index in [9.17, 15) is 9.59 Å². The van der Waals surface area contributed by atoms with Crippen LogP contribution in [0.25, 0.3) is 0 Å². The Labute approximate surface area is 88.3 Å². The monoisotopic (exact) mass is 213 g/mol. The molecule has 1 saturated heterocycles. The minimum Gasteiger partial charge on any atom is -0.478 e. The van der Waals surface area contributed by atoms with E-state index in [4.69, 9.17) is 9.84 Å². The molecule has 1 heterocycles. The molecule has 1 fully saturated rings. The van der Waals surface area contributed by atoms with Gasteiger partial charge in [-0.05, 0) is 12.8 Å². The van der Waals surface area contributed by atoms with Crippen molar-refractivity contribution < 1.29 is 19.4 Å². The minimum atomic E-state index is -1.11. The summed E-state index contributed by atoms with van der Waals surface area (Å²) < 4.78 is 5.00. The molecule has 1 N–H and O–H groups in total. The number of hydrogen-bond acceptors (Lipinski definition) is 3. The standard InChI is InChI=1S/C10H15NO4/c1-15-7-8-3-2-6-11(8)9(12)4-5-10(13)14/h4-5,8H,2-3,6-7H2,1H3,(H,13,14)/b5-4+/t8-/m1/s1. The maximum atomic E-state index is 11.6. The lowest BCUT2D eigenvalue weighted by atomic mass is 10.2. The first-order chi connectivity index (χ1) is 7.15. The minimum absolute atomic E-state index is 0.0842. The number of carbonyl (C=O) groups is 2. The molecule has 0 radical (unpaired) electrons. The highest BCUT2D eigenvalue weighted by Crippen LogP contribution is 2.17. The van der Waals surface area contributed by atoms with Gasteiger partial charge < -0.3 is 14.7 Å². The normalized spacial score (nSPS) is 21.1. The van der Waals surface area contributed by atoms with Crippen LogP contribution in [-0.4, -0.2) is 48.2 Å². The van der Waals surface area contributed by atoms with E-state index in [2.05, 4.69) is 0 Å². The van der Waals surface area contributed by atoms with Gasteiger partial charge in [0, 0.05) is 25.8 Å². The Morgan fingerprint density at radius 1 is 1.53 bits per heavy atom. The van der Waals surface area contributed by atoms with Gasteiger partial charge in [-0.1, -0.05) is 0 Å². The van der Waals surface area contributed by atoms with Crippen LogP contribution in [0.15, 0.2) is 12.2 Å². The van der Waals surface area contributed by atoms with Crippen LogP contribution in [0.5, 0.6) is 0 Å². The van der Waals surface area contributed by atoms with E-state index in [1.165, 1.54) is 0 Å². The average molecular weight is 213 g/mol. The number of rotatable bonds is 4. The molecule has 0 bridgehead atoms. The largest absolute Gasteiger partial charge is 0.478 e. The van der Waals surface area contributed by atoms with Crippen molar-refractivity contribution >= 4 is 11.9 Å². The first-order valence-corrected chi connectivity index (χ1v) is 4.85. The molecule has 0 unspecified atom stereocenters. The van der Waals surface area contributed by atoms with Crippen LogP contribution in [0.1, 0.15) is 12.8 Å². The quantitative estimate of drug-likeness (QED) is 0.680. The Morgan fingerprint density at radius 2 is 2.27 bits per heavy atom. The number of nitrogens with zero attached hydrogens (tertiary/aromatic N) is 1. The van der Waals surface area contributed by atoms with Crippen LogP contribution < -0.4 is 0 Å². The van der Waals surface area contributed by atoms with Crippen molar-refractivity contribution in [2.75, 3.05) is 20.3 Å². The number of methoxy groups -OCH3 is 1. The van der Waals surface area contributed by atoms with Crippen molar-refractivity contribution in [1.82, 2.24) is 4.90 Å². The number of carboxylic acid groups (broad SMARTS) is 1. The summed E-state index contributed by atoms with van der Waals surface area (Å²) in [5, 5.41) is 8.39. The van der Waals surface area contributed by atoms with Crippen LogP contribution >= 0.6 is 0 Å². The molecule has 1 aliphatic heterocycles. The Kier molecular flexibility index (Phi) is 4.30. The summed E-state index contributed by atoms with van der Waals surface area (Å²) in [6.45, 7) is 1.18. The number of amides is 1. The molecule has 15 heavy (non-hydrogen) atoms. The van der Waals surface area contributed by atoms with Gasteiger partial charge in [-0.15, -0.1) is 0 Å². The van der Waals surface area contributed by atoms with Crippen molar-refractivity contribution in [1.29, 1.82) is 0 Å². The molecular weight excluding hydrogens is 198 g/mol. The molecule has 1 amide bonds. The molecule has 1 rings (SSSR count). The smallest absolute Gasteiger partial charge is 0.328 e. The lowest BCUT2D eigenvalue weighted by molar-refractivity contribution is -0.132. The Balaban J connectivity index is 2.54. The van der Waals surface area contributed by atoms with Crippen molar-refractivity contribution in [3.05, 3.63) is 12.2 Å². The molecular formula is C10H15NO4. The van der Waals surface area contributed by atoms with Gasteiger partial charge in [0.15, 0.2) is 0 Å². The van der Waals surface area contributed by atoms with Crippen LogP contribution in [0.4, 0.5) is 0 Å². The summed E-state index contributed by atoms with van der Waals surface area (Å²) in [5.74, 6) is -1.36. The number of carbonyl (C=O) groups excluding carboxylic acids is 1. The molecule has 0 aromatic carbocycles. The van der Waals surface area contributed by atoms with E-state index < -0.39 is 5.97 Å². The second kappa shape index (κ2) is 5.50. The molecule has 5 nitrogen and oxygen atoms in total. The zero-order chi connectivity index (χ0) is 11.3. The lowest BCUT2D eigenvalue weighted by Crippen LogP contribution is -2.37. The zero-order valence-electron chi connectivity index (χ0n) is 8.68. The number of aliphatic carboxylic acids is 1. The molecule has 0 aliphatic carbocycles. The van der Waals surface area contributed by atoms with Gasteiger partial charge >= 0.3 is 5.97 Å². The maximum Gasteiger partial charge on any atom is 0.328 e. The van der Waals surface area contributed by atoms with E-state index in [0.717, 1.165) is 25.0 Å². The summed E-state index contributed by atoms with van der Waals surface area (Å²) in [6.07, 6.45) is 3.82. The molecule has 0 aromatic heterocycles. The van der Waals surface area contributed by atoms with E-state index in [1.54, 1.807) is 12.0 Å². The number of hydrogen-bond donors (Lipinski definition) is 1. The van der Waals surface area contributed by atoms with Gasteiger partial charge in [0.1, 0.15) is 0 Å². The third-order valence-corrected chi connectivity index (χ3v) is 2.39. The molecule has 5 heteroatoms. The van der Waals surface area contributed by atoms with E-state index in [0.29, 0.717) is 13.2 Å². The fourth-order valence-electron chi connectivity index (χ4n) is 1.73. The molecule has 0 saturated carbocycles. The SMILES string of the molecule is COC[C@H]1CCCN1C(=O)/C=C/C(=O)O. The topological polar surface area (TPSA) is 66.8 Å². The highest BCUT2D eigenvalue weighted by atomic mass is 16.5. The van der Waals surface area contributed by atoms with E-state index in [-0.39, 0.29) is 11.9 Å². The van der Waals surface area contributed by atoms with E-state index >= 15 is 0 Å². The van der Waals surface area contributed by atoms with Crippen molar-refractivity contribution in [3.63, 3.8) is 0 Å². The fourth-order valence-corrected chi connectivity index (χ4v) is 1.73. The second-order valence-corrected chi connectivity index (χ2v) is 3.45. The molecule has 0 aromatic rings. The molecule has 84 valence electrons. The van der Waals surface area contributed by atoms with Gasteiger partial charge in [-0.3, -0.25) is 4.79 Å². The van der Waals surface area contributed by atoms with Crippen LogP contribution in [0.2, 0.25) is 0 Å². The predicted molar refractivity (Wildman–Crippen MR) is 53.4 cm³/mol. The first kappa shape index (κ1) is 11.7. The summed E-state index contributed by atoms with van der Waals surface area (Å²) in [7, 11) is 1.59. The first-order valence-electron chi connectivity index (χ1n) is 4.85. The van der Waals surface area contributed by atoms with Crippen molar-refractivity contribution in [3.8, 4) is 0 Å². The van der Waals surface area contributed by atoms with Crippen molar-refractivity contribution in [2.24, 2.45) is 0 Å². The van der Waals surface area contributed by atoms with Gasteiger partial charge in [0.25, 0.3) is 0 Å². The number of carboxylic acids is 1. The van der Waals surface area contributed by atoms with E-state index in [1.807, 2.05) is 0 Å². The third-order valence-electron chi connectivity index (χ3n) is 2.39. The summed E-state index contributed by atoms with van der Waals surface area (Å²) in [5.41, 5.74) is 0. The highest BCUT2D eigenvalue weighted by molar-refractivity contribution is 5.94. The zero-order valence-corrected chi connectivity index (χ0v) is 8.68. The Hall–Kier alpha value is -1.36. The Morgan fingerprint density at radius 3 is 2.87 bits per heavy atom. The van der Waals surface area contributed by atoms with Gasteiger partial charge in [-0.2, -0.15) is 0 Å². The van der Waals surface area contributed by atoms with Crippen LogP contribution in [0.3, 0.4) is 0 Å². The third kappa shape index (κ3) is 3.36. The molecule has 0 spiro atoms. The highest BCUT2D eigenvalue weighted by Gasteiger charge is 2.27. The predicted octanol–water partition coefficient (Wildman–Crippen LogP) is 0.265. The number of likely N-dealkylation sites (tertiary alicyclic amines) is 1. The number of ether oxygens (including phenoxy) is 1. The summed E-state index contributed by atoms with van der Waals surface area (Å²) >= 11 is 0. The Bertz CT molecular complexity index is 275. The fraction of sp³-hybridized carbons (Fsp3) is 0.600. The van der Waals surface area contributed by atoms with Crippen LogP contribution in [0, 0.1) is 0 Å². The van der Waals surface area contributed by atoms with Crippen molar-refractivity contribution in [2.45, 2.75) is 18.9 Å². The average Bonchev–Trinajstić information content (AvgIpc) is 2.63. The summed E-state index contributed by atoms with van der Waals surface area (Å²) in [6, 6.07) is 0.0842. The maximum absolute atomic E-state index is 11.6. The van der Waals surface area contributed by atoms with Gasteiger partial charge in [0.05, 0.1) is 12.6 Å².